The van der Waals surface area contributed by atoms with Gasteiger partial charge in [0.2, 0.25) is 0 Å². The van der Waals surface area contributed by atoms with E-state index in [1.165, 1.54) is 11.3 Å². The Morgan fingerprint density at radius 1 is 1.18 bits per heavy atom. The zero-order chi connectivity index (χ0) is 12.1. The minimum atomic E-state index is 0.865. The fourth-order valence-corrected chi connectivity index (χ4v) is 1.95. The van der Waals surface area contributed by atoms with Crippen molar-refractivity contribution in [2.45, 2.75) is 33.5 Å². The van der Waals surface area contributed by atoms with Crippen LogP contribution in [0.1, 0.15) is 23.9 Å². The average Bonchev–Trinajstić information content (AvgIpc) is 2.71. The molecule has 0 amide bonds. The van der Waals surface area contributed by atoms with Gasteiger partial charge in [0.05, 0.1) is 11.4 Å². The molecule has 0 aliphatic heterocycles. The van der Waals surface area contributed by atoms with Crippen molar-refractivity contribution in [2.24, 2.45) is 0 Å². The quantitative estimate of drug-likeness (QED) is 0.853. The molecule has 0 spiro atoms. The van der Waals surface area contributed by atoms with E-state index in [9.17, 15) is 0 Å². The third-order valence-corrected chi connectivity index (χ3v) is 2.76. The molecule has 3 heteroatoms. The number of benzene rings is 1. The molecule has 0 unspecified atom stereocenters. The smallest absolute Gasteiger partial charge is 0.0597 e. The zero-order valence-corrected chi connectivity index (χ0v) is 10.5. The van der Waals surface area contributed by atoms with Crippen LogP contribution in [0.3, 0.4) is 0 Å². The SMILES string of the molecule is CCn1nc(C)cc1CNCc1ccccc1. The van der Waals surface area contributed by atoms with Crippen LogP contribution in [0.5, 0.6) is 0 Å². The summed E-state index contributed by atoms with van der Waals surface area (Å²) >= 11 is 0. The van der Waals surface area contributed by atoms with Gasteiger partial charge in [-0.1, -0.05) is 30.3 Å². The third kappa shape index (κ3) is 3.17. The molecular formula is C14H19N3. The van der Waals surface area contributed by atoms with Crippen molar-refractivity contribution in [3.8, 4) is 0 Å². The van der Waals surface area contributed by atoms with Crippen LogP contribution in [0, 0.1) is 6.92 Å². The fourth-order valence-electron chi connectivity index (χ4n) is 1.95. The first-order chi connectivity index (χ1) is 8.29. The van der Waals surface area contributed by atoms with Crippen molar-refractivity contribution in [1.82, 2.24) is 15.1 Å². The molecule has 0 bridgehead atoms. The molecule has 2 aromatic rings. The molecule has 1 aromatic heterocycles. The highest BCUT2D eigenvalue weighted by atomic mass is 15.3. The van der Waals surface area contributed by atoms with E-state index in [1.54, 1.807) is 0 Å². The van der Waals surface area contributed by atoms with Gasteiger partial charge in [-0.3, -0.25) is 4.68 Å². The molecule has 0 atom stereocenters. The second-order valence-electron chi connectivity index (χ2n) is 4.18. The number of nitrogens with zero attached hydrogens (tertiary/aromatic N) is 2. The molecule has 2 rings (SSSR count). The van der Waals surface area contributed by atoms with Crippen LogP contribution in [-0.4, -0.2) is 9.78 Å². The van der Waals surface area contributed by atoms with Gasteiger partial charge in [-0.15, -0.1) is 0 Å². The van der Waals surface area contributed by atoms with Crippen molar-refractivity contribution in [1.29, 1.82) is 0 Å². The van der Waals surface area contributed by atoms with Crippen LogP contribution in [0.15, 0.2) is 36.4 Å². The first kappa shape index (κ1) is 11.9. The summed E-state index contributed by atoms with van der Waals surface area (Å²) in [5.41, 5.74) is 3.65. The van der Waals surface area contributed by atoms with Gasteiger partial charge >= 0.3 is 0 Å². The monoisotopic (exact) mass is 229 g/mol. The Hall–Kier alpha value is -1.61. The maximum atomic E-state index is 4.43. The number of aromatic nitrogens is 2. The summed E-state index contributed by atoms with van der Waals surface area (Å²) < 4.78 is 2.05. The Bertz CT molecular complexity index is 460. The van der Waals surface area contributed by atoms with Crippen LogP contribution < -0.4 is 5.32 Å². The van der Waals surface area contributed by atoms with Gasteiger partial charge < -0.3 is 5.32 Å². The topological polar surface area (TPSA) is 29.9 Å². The molecule has 0 radical (unpaired) electrons. The minimum absolute atomic E-state index is 0.865. The molecule has 0 saturated carbocycles. The lowest BCUT2D eigenvalue weighted by Crippen LogP contribution is -2.16. The Morgan fingerprint density at radius 2 is 1.94 bits per heavy atom. The van der Waals surface area contributed by atoms with E-state index < -0.39 is 0 Å². The van der Waals surface area contributed by atoms with E-state index in [-0.39, 0.29) is 0 Å². The zero-order valence-electron chi connectivity index (χ0n) is 10.5. The highest BCUT2D eigenvalue weighted by Crippen LogP contribution is 2.04. The van der Waals surface area contributed by atoms with Crippen LogP contribution in [0.25, 0.3) is 0 Å². The second kappa shape index (κ2) is 5.64. The lowest BCUT2D eigenvalue weighted by molar-refractivity contribution is 0.579. The maximum absolute atomic E-state index is 4.43. The molecule has 0 aliphatic rings. The lowest BCUT2D eigenvalue weighted by atomic mass is 10.2. The average molecular weight is 229 g/mol. The van der Waals surface area contributed by atoms with E-state index in [0.717, 1.165) is 25.3 Å². The Balaban J connectivity index is 1.90. The molecule has 1 aromatic carbocycles. The standard InChI is InChI=1S/C14H19N3/c1-3-17-14(9-12(2)16-17)11-15-10-13-7-5-4-6-8-13/h4-9,15H,3,10-11H2,1-2H3. The number of hydrogen-bond donors (Lipinski definition) is 1. The highest BCUT2D eigenvalue weighted by molar-refractivity contribution is 5.15. The summed E-state index contributed by atoms with van der Waals surface area (Å²) in [6.45, 7) is 6.84. The van der Waals surface area contributed by atoms with Crippen molar-refractivity contribution < 1.29 is 0 Å². The summed E-state index contributed by atoms with van der Waals surface area (Å²) in [6, 6.07) is 12.6. The van der Waals surface area contributed by atoms with Gasteiger partial charge in [0, 0.05) is 19.6 Å². The largest absolute Gasteiger partial charge is 0.307 e. The number of nitrogens with one attached hydrogen (secondary N) is 1. The Labute approximate surface area is 102 Å². The fraction of sp³-hybridized carbons (Fsp3) is 0.357. The summed E-state index contributed by atoms with van der Waals surface area (Å²) in [6.07, 6.45) is 0. The summed E-state index contributed by atoms with van der Waals surface area (Å²) in [5, 5.41) is 7.88. The second-order valence-corrected chi connectivity index (χ2v) is 4.18. The van der Waals surface area contributed by atoms with Crippen LogP contribution in [-0.2, 0) is 19.6 Å². The summed E-state index contributed by atoms with van der Waals surface area (Å²) in [7, 11) is 0. The van der Waals surface area contributed by atoms with E-state index in [1.807, 2.05) is 17.7 Å². The van der Waals surface area contributed by atoms with E-state index in [2.05, 4.69) is 47.7 Å². The molecule has 17 heavy (non-hydrogen) atoms. The van der Waals surface area contributed by atoms with Gasteiger partial charge in [0.15, 0.2) is 0 Å². The van der Waals surface area contributed by atoms with Gasteiger partial charge in [0.1, 0.15) is 0 Å². The minimum Gasteiger partial charge on any atom is -0.307 e. The van der Waals surface area contributed by atoms with Gasteiger partial charge in [-0.2, -0.15) is 5.10 Å². The molecular weight excluding hydrogens is 210 g/mol. The van der Waals surface area contributed by atoms with Gasteiger partial charge in [-0.25, -0.2) is 0 Å². The van der Waals surface area contributed by atoms with Gasteiger partial charge in [0.25, 0.3) is 0 Å². The first-order valence-corrected chi connectivity index (χ1v) is 6.07. The summed E-state index contributed by atoms with van der Waals surface area (Å²) in [5.74, 6) is 0. The molecule has 0 saturated heterocycles. The van der Waals surface area contributed by atoms with Crippen LogP contribution >= 0.6 is 0 Å². The van der Waals surface area contributed by atoms with Gasteiger partial charge in [-0.05, 0) is 25.5 Å². The molecule has 0 fully saturated rings. The lowest BCUT2D eigenvalue weighted by Gasteiger charge is -2.06. The first-order valence-electron chi connectivity index (χ1n) is 6.07. The summed E-state index contributed by atoms with van der Waals surface area (Å²) in [4.78, 5) is 0. The van der Waals surface area contributed by atoms with Crippen LogP contribution in [0.4, 0.5) is 0 Å². The molecule has 3 nitrogen and oxygen atoms in total. The normalized spacial score (nSPS) is 10.7. The number of rotatable bonds is 5. The molecule has 0 aliphatic carbocycles. The maximum Gasteiger partial charge on any atom is 0.0597 e. The predicted molar refractivity (Wildman–Crippen MR) is 69.6 cm³/mol. The molecule has 90 valence electrons. The van der Waals surface area contributed by atoms with E-state index in [4.69, 9.17) is 0 Å². The Kier molecular flexibility index (Phi) is 3.94. The highest BCUT2D eigenvalue weighted by Gasteiger charge is 2.02. The third-order valence-electron chi connectivity index (χ3n) is 2.76. The molecule has 1 heterocycles. The van der Waals surface area contributed by atoms with Crippen molar-refractivity contribution >= 4 is 0 Å². The van der Waals surface area contributed by atoms with Crippen molar-refractivity contribution in [2.75, 3.05) is 0 Å². The van der Waals surface area contributed by atoms with Crippen LogP contribution in [0.2, 0.25) is 0 Å². The van der Waals surface area contributed by atoms with E-state index >= 15 is 0 Å². The Morgan fingerprint density at radius 3 is 2.65 bits per heavy atom. The van der Waals surface area contributed by atoms with E-state index in [0.29, 0.717) is 0 Å². The van der Waals surface area contributed by atoms with Crippen molar-refractivity contribution in [3.05, 3.63) is 53.3 Å². The molecule has 1 N–H and O–H groups in total. The van der Waals surface area contributed by atoms with Crippen molar-refractivity contribution in [3.63, 3.8) is 0 Å². The predicted octanol–water partition coefficient (Wildman–Crippen LogP) is 2.50. The number of aryl methyl sites for hydroxylation is 2. The number of hydrogen-bond acceptors (Lipinski definition) is 2.